The molecule has 0 amide bonds. The molecule has 0 radical (unpaired) electrons. The van der Waals surface area contributed by atoms with Gasteiger partial charge in [-0.3, -0.25) is 0 Å². The highest BCUT2D eigenvalue weighted by Gasteiger charge is 2.16. The molecule has 0 aliphatic rings. The molecule has 0 N–H and O–H groups in total. The number of rotatable bonds is 8. The van der Waals surface area contributed by atoms with E-state index < -0.39 is 0 Å². The van der Waals surface area contributed by atoms with Crippen LogP contribution in [0.2, 0.25) is 5.15 Å². The zero-order chi connectivity index (χ0) is 14.3. The molecule has 19 heavy (non-hydrogen) atoms. The van der Waals surface area contributed by atoms with Gasteiger partial charge in [-0.15, -0.1) is 0 Å². The minimum atomic E-state index is 0.399. The van der Waals surface area contributed by atoms with Crippen LogP contribution in [0.1, 0.15) is 39.4 Å². The van der Waals surface area contributed by atoms with Crippen LogP contribution in [-0.4, -0.2) is 36.3 Å². The lowest BCUT2D eigenvalue weighted by atomic mass is 10.2. The average Bonchev–Trinajstić information content (AvgIpc) is 2.38. The van der Waals surface area contributed by atoms with Gasteiger partial charge in [0, 0.05) is 32.2 Å². The molecule has 1 aromatic rings. The molecule has 0 aliphatic heterocycles. The fraction of sp³-hybridized carbons (Fsp3) is 0.714. The third kappa shape index (κ3) is 4.96. The van der Waals surface area contributed by atoms with E-state index in [0.29, 0.717) is 17.8 Å². The Bertz CT molecular complexity index is 387. The van der Waals surface area contributed by atoms with Gasteiger partial charge in [0.1, 0.15) is 16.8 Å². The van der Waals surface area contributed by atoms with Crippen molar-refractivity contribution >= 4 is 17.4 Å². The lowest BCUT2D eigenvalue weighted by molar-refractivity contribution is 0.203. The molecule has 1 heterocycles. The van der Waals surface area contributed by atoms with Crippen LogP contribution < -0.4 is 4.90 Å². The van der Waals surface area contributed by atoms with Gasteiger partial charge in [0.2, 0.25) is 0 Å². The summed E-state index contributed by atoms with van der Waals surface area (Å²) in [6, 6.07) is 2.23. The third-order valence-electron chi connectivity index (χ3n) is 3.15. The number of aromatic nitrogens is 2. The average molecular weight is 286 g/mol. The highest BCUT2D eigenvalue weighted by atomic mass is 35.5. The minimum absolute atomic E-state index is 0.399. The molecule has 0 spiro atoms. The quantitative estimate of drug-likeness (QED) is 0.687. The first-order valence-corrected chi connectivity index (χ1v) is 7.29. The molecule has 0 saturated heterocycles. The summed E-state index contributed by atoms with van der Waals surface area (Å²) in [5, 5.41) is 0.513. The topological polar surface area (TPSA) is 38.2 Å². The zero-order valence-corrected chi connectivity index (χ0v) is 13.1. The zero-order valence-electron chi connectivity index (χ0n) is 12.3. The SMILES string of the molecule is CCCc1nc(Cl)cc(N(CCOC)C(C)CC)n1. The van der Waals surface area contributed by atoms with Crippen molar-refractivity contribution in [2.45, 2.75) is 46.1 Å². The molecule has 0 aromatic carbocycles. The van der Waals surface area contributed by atoms with Crippen LogP contribution in [0.25, 0.3) is 0 Å². The lowest BCUT2D eigenvalue weighted by Crippen LogP contribution is -2.36. The van der Waals surface area contributed by atoms with E-state index >= 15 is 0 Å². The van der Waals surface area contributed by atoms with Gasteiger partial charge >= 0.3 is 0 Å². The van der Waals surface area contributed by atoms with E-state index in [1.165, 1.54) is 0 Å². The molecular formula is C14H24ClN3O. The van der Waals surface area contributed by atoms with Crippen molar-refractivity contribution in [1.29, 1.82) is 0 Å². The summed E-state index contributed by atoms with van der Waals surface area (Å²) in [7, 11) is 1.71. The van der Waals surface area contributed by atoms with Gasteiger partial charge in [-0.25, -0.2) is 9.97 Å². The molecule has 0 aliphatic carbocycles. The fourth-order valence-electron chi connectivity index (χ4n) is 1.90. The van der Waals surface area contributed by atoms with E-state index in [2.05, 4.69) is 35.6 Å². The number of anilines is 1. The van der Waals surface area contributed by atoms with Crippen LogP contribution in [0.15, 0.2) is 6.07 Å². The number of hydrogen-bond acceptors (Lipinski definition) is 4. The van der Waals surface area contributed by atoms with Gasteiger partial charge in [-0.05, 0) is 19.8 Å². The van der Waals surface area contributed by atoms with Crippen molar-refractivity contribution in [3.63, 3.8) is 0 Å². The van der Waals surface area contributed by atoms with E-state index in [4.69, 9.17) is 16.3 Å². The second-order valence-electron chi connectivity index (χ2n) is 4.66. The Kier molecular flexibility index (Phi) is 7.10. The number of nitrogens with zero attached hydrogens (tertiary/aromatic N) is 3. The van der Waals surface area contributed by atoms with Crippen LogP contribution in [0.5, 0.6) is 0 Å². The molecule has 0 bridgehead atoms. The van der Waals surface area contributed by atoms with Crippen molar-refractivity contribution in [1.82, 2.24) is 9.97 Å². The second-order valence-corrected chi connectivity index (χ2v) is 5.05. The molecule has 108 valence electrons. The van der Waals surface area contributed by atoms with Crippen molar-refractivity contribution in [3.8, 4) is 0 Å². The molecule has 5 heteroatoms. The predicted molar refractivity (Wildman–Crippen MR) is 80.0 cm³/mol. The van der Waals surface area contributed by atoms with Gasteiger partial charge < -0.3 is 9.64 Å². The fourth-order valence-corrected chi connectivity index (χ4v) is 2.10. The number of hydrogen-bond donors (Lipinski definition) is 0. The first-order chi connectivity index (χ1) is 9.12. The maximum Gasteiger partial charge on any atom is 0.134 e. The van der Waals surface area contributed by atoms with Crippen LogP contribution in [-0.2, 0) is 11.2 Å². The second kappa shape index (κ2) is 8.33. The van der Waals surface area contributed by atoms with Crippen LogP contribution >= 0.6 is 11.6 Å². The van der Waals surface area contributed by atoms with Gasteiger partial charge in [-0.1, -0.05) is 25.4 Å². The van der Waals surface area contributed by atoms with Crippen LogP contribution in [0, 0.1) is 0 Å². The van der Waals surface area contributed by atoms with Crippen molar-refractivity contribution in [2.24, 2.45) is 0 Å². The summed E-state index contributed by atoms with van der Waals surface area (Å²) >= 11 is 6.10. The van der Waals surface area contributed by atoms with Gasteiger partial charge in [-0.2, -0.15) is 0 Å². The molecule has 0 fully saturated rings. The number of ether oxygens (including phenoxy) is 1. The van der Waals surface area contributed by atoms with Gasteiger partial charge in [0.15, 0.2) is 0 Å². The smallest absolute Gasteiger partial charge is 0.134 e. The summed E-state index contributed by atoms with van der Waals surface area (Å²) in [4.78, 5) is 11.1. The summed E-state index contributed by atoms with van der Waals surface area (Å²) in [5.41, 5.74) is 0. The Hall–Kier alpha value is -0.870. The van der Waals surface area contributed by atoms with E-state index in [9.17, 15) is 0 Å². The molecule has 1 atom stereocenters. The maximum absolute atomic E-state index is 6.10. The van der Waals surface area contributed by atoms with Crippen molar-refractivity contribution in [3.05, 3.63) is 17.0 Å². The Morgan fingerprint density at radius 2 is 2.11 bits per heavy atom. The number of methoxy groups -OCH3 is 1. The Labute approximate surface area is 121 Å². The van der Waals surface area contributed by atoms with Crippen LogP contribution in [0.4, 0.5) is 5.82 Å². The summed E-state index contributed by atoms with van der Waals surface area (Å²) in [6.45, 7) is 7.95. The highest BCUT2D eigenvalue weighted by Crippen LogP contribution is 2.20. The first kappa shape index (κ1) is 16.2. The van der Waals surface area contributed by atoms with E-state index in [1.54, 1.807) is 7.11 Å². The standard InChI is InChI=1S/C14H24ClN3O/c1-5-7-13-16-12(15)10-14(17-13)18(8-9-19-4)11(3)6-2/h10-11H,5-9H2,1-4H3. The van der Waals surface area contributed by atoms with Crippen LogP contribution in [0.3, 0.4) is 0 Å². The Balaban J connectivity index is 2.99. The molecule has 0 saturated carbocycles. The summed E-state index contributed by atoms with van der Waals surface area (Å²) in [6.07, 6.45) is 2.92. The minimum Gasteiger partial charge on any atom is -0.383 e. The summed E-state index contributed by atoms with van der Waals surface area (Å²) in [5.74, 6) is 1.71. The highest BCUT2D eigenvalue weighted by molar-refractivity contribution is 6.29. The Morgan fingerprint density at radius 1 is 1.37 bits per heavy atom. The van der Waals surface area contributed by atoms with E-state index in [-0.39, 0.29) is 0 Å². The van der Waals surface area contributed by atoms with E-state index in [0.717, 1.165) is 37.4 Å². The molecular weight excluding hydrogens is 262 g/mol. The van der Waals surface area contributed by atoms with Gasteiger partial charge in [0.25, 0.3) is 0 Å². The third-order valence-corrected chi connectivity index (χ3v) is 3.35. The number of halogens is 1. The molecule has 1 unspecified atom stereocenters. The lowest BCUT2D eigenvalue weighted by Gasteiger charge is -2.29. The summed E-state index contributed by atoms with van der Waals surface area (Å²) < 4.78 is 5.18. The molecule has 1 rings (SSSR count). The van der Waals surface area contributed by atoms with E-state index in [1.807, 2.05) is 6.07 Å². The molecule has 1 aromatic heterocycles. The normalized spacial score (nSPS) is 12.5. The Morgan fingerprint density at radius 3 is 2.68 bits per heavy atom. The predicted octanol–water partition coefficient (Wildman–Crippen LogP) is 3.33. The largest absolute Gasteiger partial charge is 0.383 e. The molecule has 4 nitrogen and oxygen atoms in total. The monoisotopic (exact) mass is 285 g/mol. The maximum atomic E-state index is 6.10. The van der Waals surface area contributed by atoms with Crippen molar-refractivity contribution in [2.75, 3.05) is 25.2 Å². The van der Waals surface area contributed by atoms with Gasteiger partial charge in [0.05, 0.1) is 6.61 Å². The first-order valence-electron chi connectivity index (χ1n) is 6.91. The number of aryl methyl sites for hydroxylation is 1. The van der Waals surface area contributed by atoms with Crippen molar-refractivity contribution < 1.29 is 4.74 Å².